The van der Waals surface area contributed by atoms with Crippen LogP contribution in [0.25, 0.3) is 11.0 Å². The molecule has 0 spiro atoms. The van der Waals surface area contributed by atoms with Gasteiger partial charge in [0.25, 0.3) is 5.91 Å². The molecule has 1 amide bonds. The molecule has 0 atom stereocenters. The number of aromatic nitrogens is 4. The smallest absolute Gasteiger partial charge is 0.271 e. The van der Waals surface area contributed by atoms with E-state index in [1.807, 2.05) is 61.0 Å². The fraction of sp³-hybridized carbons (Fsp3) is 0.182. The lowest BCUT2D eigenvalue weighted by Crippen LogP contribution is -2.24. The highest BCUT2D eigenvalue weighted by Crippen LogP contribution is 2.15. The summed E-state index contributed by atoms with van der Waals surface area (Å²) in [4.78, 5) is 21.2. The summed E-state index contributed by atoms with van der Waals surface area (Å²) >= 11 is 0. The summed E-state index contributed by atoms with van der Waals surface area (Å²) in [6, 6.07) is 17.7. The molecule has 0 aliphatic heterocycles. The second-order valence-electron chi connectivity index (χ2n) is 6.72. The summed E-state index contributed by atoms with van der Waals surface area (Å²) in [5, 5.41) is 7.58. The molecule has 140 valence electrons. The van der Waals surface area contributed by atoms with Crippen molar-refractivity contribution in [3.63, 3.8) is 0 Å². The number of hydrogen-bond acceptors (Lipinski definition) is 4. The average molecular weight is 371 g/mol. The molecule has 2 heterocycles. The van der Waals surface area contributed by atoms with Gasteiger partial charge in [0.1, 0.15) is 5.69 Å². The Balaban J connectivity index is 1.48. The molecule has 28 heavy (non-hydrogen) atoms. The van der Waals surface area contributed by atoms with Crippen LogP contribution in [0.3, 0.4) is 0 Å². The molecule has 4 aromatic rings. The minimum Gasteiger partial charge on any atom is -0.346 e. The Morgan fingerprint density at radius 2 is 1.71 bits per heavy atom. The standard InChI is InChI=1S/C22H21N5O/c1-15-18(16(2)27(26-15)14-17-8-4-3-5-9-17)12-24-22(28)21-13-23-19-10-6-7-11-20(19)25-21/h3-11,13H,12,14H2,1-2H3,(H,24,28). The summed E-state index contributed by atoms with van der Waals surface area (Å²) in [5.74, 6) is -0.243. The molecule has 2 aromatic heterocycles. The van der Waals surface area contributed by atoms with Crippen molar-refractivity contribution in [3.8, 4) is 0 Å². The molecule has 2 aromatic carbocycles. The molecule has 0 aliphatic rings. The summed E-state index contributed by atoms with van der Waals surface area (Å²) in [6.45, 7) is 5.10. The van der Waals surface area contributed by atoms with Gasteiger partial charge in [-0.25, -0.2) is 4.98 Å². The minimum absolute atomic E-state index is 0.243. The quantitative estimate of drug-likeness (QED) is 0.583. The fourth-order valence-electron chi connectivity index (χ4n) is 3.23. The van der Waals surface area contributed by atoms with Gasteiger partial charge >= 0.3 is 0 Å². The van der Waals surface area contributed by atoms with Gasteiger partial charge in [-0.1, -0.05) is 42.5 Å². The second-order valence-corrected chi connectivity index (χ2v) is 6.72. The van der Waals surface area contributed by atoms with Gasteiger partial charge in [0.05, 0.1) is 29.5 Å². The molecule has 6 nitrogen and oxygen atoms in total. The molecule has 0 radical (unpaired) electrons. The van der Waals surface area contributed by atoms with Crippen molar-refractivity contribution >= 4 is 16.9 Å². The zero-order chi connectivity index (χ0) is 19.5. The lowest BCUT2D eigenvalue weighted by atomic mass is 10.2. The van der Waals surface area contributed by atoms with Crippen molar-refractivity contribution in [2.24, 2.45) is 0 Å². The van der Waals surface area contributed by atoms with E-state index in [9.17, 15) is 4.79 Å². The third kappa shape index (κ3) is 3.62. The van der Waals surface area contributed by atoms with Gasteiger partial charge in [-0.05, 0) is 31.5 Å². The van der Waals surface area contributed by atoms with E-state index in [2.05, 4.69) is 32.5 Å². The van der Waals surface area contributed by atoms with Crippen LogP contribution in [-0.4, -0.2) is 25.7 Å². The number of carbonyl (C=O) groups is 1. The Labute approximate surface area is 163 Å². The Bertz CT molecular complexity index is 1130. The normalized spacial score (nSPS) is 10.9. The van der Waals surface area contributed by atoms with Crippen LogP contribution in [0.5, 0.6) is 0 Å². The van der Waals surface area contributed by atoms with Gasteiger partial charge in [0.2, 0.25) is 0 Å². The predicted molar refractivity (Wildman–Crippen MR) is 108 cm³/mol. The van der Waals surface area contributed by atoms with Crippen molar-refractivity contribution < 1.29 is 4.79 Å². The first kappa shape index (κ1) is 17.9. The molecular formula is C22H21N5O. The third-order valence-corrected chi connectivity index (χ3v) is 4.81. The highest BCUT2D eigenvalue weighted by Gasteiger charge is 2.14. The van der Waals surface area contributed by atoms with Gasteiger partial charge in [-0.3, -0.25) is 14.5 Å². The van der Waals surface area contributed by atoms with Gasteiger partial charge in [0, 0.05) is 17.8 Å². The highest BCUT2D eigenvalue weighted by atomic mass is 16.1. The molecule has 0 bridgehead atoms. The van der Waals surface area contributed by atoms with E-state index in [1.165, 1.54) is 11.8 Å². The van der Waals surface area contributed by atoms with Crippen LogP contribution in [0.2, 0.25) is 0 Å². The van der Waals surface area contributed by atoms with Crippen molar-refractivity contribution in [3.05, 3.63) is 89.0 Å². The second kappa shape index (κ2) is 7.60. The lowest BCUT2D eigenvalue weighted by Gasteiger charge is -2.07. The molecule has 0 saturated heterocycles. The molecule has 0 saturated carbocycles. The molecule has 0 fully saturated rings. The number of aryl methyl sites for hydroxylation is 1. The fourth-order valence-corrected chi connectivity index (χ4v) is 3.23. The van der Waals surface area contributed by atoms with Crippen LogP contribution in [0, 0.1) is 13.8 Å². The first-order chi connectivity index (χ1) is 13.6. The maximum Gasteiger partial charge on any atom is 0.271 e. The van der Waals surface area contributed by atoms with E-state index in [0.717, 1.165) is 22.5 Å². The van der Waals surface area contributed by atoms with Crippen LogP contribution in [-0.2, 0) is 13.1 Å². The Morgan fingerprint density at radius 3 is 2.50 bits per heavy atom. The Kier molecular flexibility index (Phi) is 4.85. The van der Waals surface area contributed by atoms with Gasteiger partial charge in [-0.2, -0.15) is 5.10 Å². The highest BCUT2D eigenvalue weighted by molar-refractivity contribution is 5.93. The topological polar surface area (TPSA) is 72.7 Å². The zero-order valence-electron chi connectivity index (χ0n) is 15.9. The van der Waals surface area contributed by atoms with E-state index in [0.29, 0.717) is 24.3 Å². The Morgan fingerprint density at radius 1 is 1.00 bits per heavy atom. The van der Waals surface area contributed by atoms with Crippen LogP contribution < -0.4 is 5.32 Å². The van der Waals surface area contributed by atoms with E-state index in [4.69, 9.17) is 0 Å². The molecular weight excluding hydrogens is 350 g/mol. The summed E-state index contributed by atoms with van der Waals surface area (Å²) in [5.41, 5.74) is 5.97. The van der Waals surface area contributed by atoms with Crippen LogP contribution >= 0.6 is 0 Å². The van der Waals surface area contributed by atoms with Crippen molar-refractivity contribution in [2.45, 2.75) is 26.9 Å². The Hall–Kier alpha value is -3.54. The summed E-state index contributed by atoms with van der Waals surface area (Å²) < 4.78 is 1.97. The maximum atomic E-state index is 12.5. The van der Waals surface area contributed by atoms with Crippen LogP contribution in [0.1, 0.15) is 33.0 Å². The number of carbonyl (C=O) groups excluding carboxylic acids is 1. The SMILES string of the molecule is Cc1nn(Cc2ccccc2)c(C)c1CNC(=O)c1cnc2ccccc2n1. The predicted octanol–water partition coefficient (Wildman–Crippen LogP) is 3.42. The number of nitrogens with zero attached hydrogens (tertiary/aromatic N) is 4. The van der Waals surface area contributed by atoms with Crippen LogP contribution in [0.15, 0.2) is 60.8 Å². The third-order valence-electron chi connectivity index (χ3n) is 4.81. The summed E-state index contributed by atoms with van der Waals surface area (Å²) in [7, 11) is 0. The number of para-hydroxylation sites is 2. The molecule has 6 heteroatoms. The van der Waals surface area contributed by atoms with Crippen LogP contribution in [0.4, 0.5) is 0 Å². The number of benzene rings is 2. The molecule has 1 N–H and O–H groups in total. The van der Waals surface area contributed by atoms with E-state index in [-0.39, 0.29) is 5.91 Å². The first-order valence-corrected chi connectivity index (χ1v) is 9.18. The number of fused-ring (bicyclic) bond motifs is 1. The molecule has 4 rings (SSSR count). The van der Waals surface area contributed by atoms with E-state index in [1.54, 1.807) is 0 Å². The number of amides is 1. The number of hydrogen-bond donors (Lipinski definition) is 1. The monoisotopic (exact) mass is 371 g/mol. The molecule has 0 unspecified atom stereocenters. The van der Waals surface area contributed by atoms with Crippen molar-refractivity contribution in [2.75, 3.05) is 0 Å². The first-order valence-electron chi connectivity index (χ1n) is 9.18. The van der Waals surface area contributed by atoms with Gasteiger partial charge in [0.15, 0.2) is 0 Å². The summed E-state index contributed by atoms with van der Waals surface area (Å²) in [6.07, 6.45) is 1.51. The lowest BCUT2D eigenvalue weighted by molar-refractivity contribution is 0.0946. The number of nitrogens with one attached hydrogen (secondary N) is 1. The number of rotatable bonds is 5. The van der Waals surface area contributed by atoms with Crippen molar-refractivity contribution in [1.29, 1.82) is 0 Å². The van der Waals surface area contributed by atoms with Gasteiger partial charge in [-0.15, -0.1) is 0 Å². The van der Waals surface area contributed by atoms with Gasteiger partial charge < -0.3 is 5.32 Å². The average Bonchev–Trinajstić information content (AvgIpc) is 2.99. The maximum absolute atomic E-state index is 12.5. The van der Waals surface area contributed by atoms with Crippen molar-refractivity contribution in [1.82, 2.24) is 25.1 Å². The molecule has 0 aliphatic carbocycles. The zero-order valence-corrected chi connectivity index (χ0v) is 15.9. The largest absolute Gasteiger partial charge is 0.346 e. The van der Waals surface area contributed by atoms with E-state index >= 15 is 0 Å². The van der Waals surface area contributed by atoms with E-state index < -0.39 is 0 Å². The minimum atomic E-state index is -0.243.